The number of sulfonamides is 1. The Balaban J connectivity index is 1.48. The molecular formula is C23H22ClN5O4S. The number of anilines is 1. The third kappa shape index (κ3) is 3.97. The number of amides is 1. The van der Waals surface area contributed by atoms with Crippen molar-refractivity contribution in [2.75, 3.05) is 18.5 Å². The Kier molecular flexibility index (Phi) is 5.65. The van der Waals surface area contributed by atoms with Crippen molar-refractivity contribution in [1.29, 1.82) is 0 Å². The summed E-state index contributed by atoms with van der Waals surface area (Å²) in [5.41, 5.74) is 0.719. The van der Waals surface area contributed by atoms with E-state index >= 15 is 0 Å². The van der Waals surface area contributed by atoms with Gasteiger partial charge < -0.3 is 14.8 Å². The molecule has 1 amide bonds. The Morgan fingerprint density at radius 1 is 1.21 bits per heavy atom. The van der Waals surface area contributed by atoms with E-state index in [0.717, 1.165) is 19.3 Å². The molecule has 0 bridgehead atoms. The first kappa shape index (κ1) is 22.5. The summed E-state index contributed by atoms with van der Waals surface area (Å²) in [4.78, 5) is 35.9. The monoisotopic (exact) mass is 499 g/mol. The Bertz CT molecular complexity index is 1520. The normalized spacial score (nSPS) is 16.9. The molecule has 5 rings (SSSR count). The van der Waals surface area contributed by atoms with Crippen molar-refractivity contribution < 1.29 is 13.2 Å². The molecule has 3 aromatic rings. The zero-order valence-electron chi connectivity index (χ0n) is 18.4. The summed E-state index contributed by atoms with van der Waals surface area (Å²) in [6.07, 6.45) is 3.36. The molecule has 0 atom stereocenters. The van der Waals surface area contributed by atoms with E-state index in [4.69, 9.17) is 11.6 Å². The van der Waals surface area contributed by atoms with Crippen LogP contribution in [0.4, 0.5) is 5.69 Å². The molecule has 0 unspecified atom stereocenters. The van der Waals surface area contributed by atoms with Gasteiger partial charge in [-0.15, -0.1) is 4.40 Å². The van der Waals surface area contributed by atoms with E-state index < -0.39 is 15.9 Å². The van der Waals surface area contributed by atoms with Crippen molar-refractivity contribution in [1.82, 2.24) is 14.9 Å². The van der Waals surface area contributed by atoms with Crippen LogP contribution in [0, 0.1) is 0 Å². The zero-order valence-corrected chi connectivity index (χ0v) is 20.0. The molecule has 0 saturated carbocycles. The smallest absolute Gasteiger partial charge is 0.286 e. The molecule has 2 aliphatic heterocycles. The molecule has 34 heavy (non-hydrogen) atoms. The molecule has 1 N–H and O–H groups in total. The first-order valence-electron chi connectivity index (χ1n) is 10.9. The molecule has 0 spiro atoms. The number of aromatic amines is 1. The van der Waals surface area contributed by atoms with Gasteiger partial charge in [0.2, 0.25) is 0 Å². The largest absolute Gasteiger partial charge is 0.334 e. The number of para-hydroxylation sites is 1. The van der Waals surface area contributed by atoms with Crippen LogP contribution in [0.2, 0.25) is 5.02 Å². The third-order valence-electron chi connectivity index (χ3n) is 6.06. The predicted octanol–water partition coefficient (Wildman–Crippen LogP) is 3.33. The minimum Gasteiger partial charge on any atom is -0.334 e. The molecule has 3 heterocycles. The molecular weight excluding hydrogens is 478 g/mol. The van der Waals surface area contributed by atoms with Crippen LogP contribution in [0.1, 0.15) is 41.9 Å². The minimum atomic E-state index is -3.96. The van der Waals surface area contributed by atoms with E-state index in [2.05, 4.69) is 14.4 Å². The number of fused-ring (bicyclic) bond motifs is 4. The van der Waals surface area contributed by atoms with E-state index in [1.54, 1.807) is 24.3 Å². The Hall–Kier alpha value is -3.24. The third-order valence-corrected chi connectivity index (χ3v) is 7.71. The minimum absolute atomic E-state index is 0.00744. The van der Waals surface area contributed by atoms with E-state index in [-0.39, 0.29) is 27.6 Å². The number of nitrogens with one attached hydrogen (secondary N) is 1. The number of amidine groups is 1. The van der Waals surface area contributed by atoms with Crippen molar-refractivity contribution in [3.63, 3.8) is 0 Å². The highest BCUT2D eigenvalue weighted by Crippen LogP contribution is 2.38. The lowest BCUT2D eigenvalue weighted by Gasteiger charge is -2.30. The number of nitrogens with zero attached hydrogens (tertiary/aromatic N) is 4. The highest BCUT2D eigenvalue weighted by molar-refractivity contribution is 7.90. The summed E-state index contributed by atoms with van der Waals surface area (Å²) in [6, 6.07) is 9.75. The van der Waals surface area contributed by atoms with Gasteiger partial charge in [0.15, 0.2) is 0 Å². The molecule has 0 radical (unpaired) electrons. The summed E-state index contributed by atoms with van der Waals surface area (Å²) in [5.74, 6) is 0.327. The molecule has 11 heteroatoms. The van der Waals surface area contributed by atoms with Crippen LogP contribution in [0.25, 0.3) is 10.9 Å². The molecule has 9 nitrogen and oxygen atoms in total. The first-order valence-corrected chi connectivity index (χ1v) is 12.7. The van der Waals surface area contributed by atoms with Crippen LogP contribution in [-0.4, -0.2) is 48.6 Å². The first-order chi connectivity index (χ1) is 16.2. The summed E-state index contributed by atoms with van der Waals surface area (Å²) in [7, 11) is -2.42. The average molecular weight is 500 g/mol. The number of benzene rings is 2. The van der Waals surface area contributed by atoms with E-state index in [1.807, 2.05) is 4.90 Å². The van der Waals surface area contributed by atoms with Crippen LogP contribution in [-0.2, 0) is 16.6 Å². The standard InChI is InChI=1S/C23H22ClN5O4S/c1-28(13-20-25-17-8-5-4-7-14(17)22(30)26-20)23(31)15-11-19-18(12-16(15)24)29-10-6-2-3-9-21(29)27-34(19,32)33/h4-5,7-8,11-12H,2-3,6,9-10,13H2,1H3,(H,25,26,30). The van der Waals surface area contributed by atoms with Gasteiger partial charge in [-0.3, -0.25) is 9.59 Å². The van der Waals surface area contributed by atoms with Gasteiger partial charge in [-0.1, -0.05) is 30.2 Å². The molecule has 1 fully saturated rings. The highest BCUT2D eigenvalue weighted by atomic mass is 35.5. The number of hydrogen-bond donors (Lipinski definition) is 1. The lowest BCUT2D eigenvalue weighted by atomic mass is 10.1. The molecule has 2 aliphatic rings. The van der Waals surface area contributed by atoms with Crippen LogP contribution < -0.4 is 10.5 Å². The fraction of sp³-hybridized carbons (Fsp3) is 0.304. The van der Waals surface area contributed by atoms with Gasteiger partial charge in [0, 0.05) is 20.0 Å². The van der Waals surface area contributed by atoms with Gasteiger partial charge in [-0.2, -0.15) is 8.42 Å². The van der Waals surface area contributed by atoms with Crippen LogP contribution in [0.3, 0.4) is 0 Å². The average Bonchev–Trinajstić information content (AvgIpc) is 3.03. The van der Waals surface area contributed by atoms with Crippen molar-refractivity contribution in [3.8, 4) is 0 Å². The van der Waals surface area contributed by atoms with Gasteiger partial charge in [-0.25, -0.2) is 4.98 Å². The Morgan fingerprint density at radius 2 is 2.00 bits per heavy atom. The molecule has 1 saturated heterocycles. The van der Waals surface area contributed by atoms with Crippen LogP contribution in [0.15, 0.2) is 50.5 Å². The topological polar surface area (TPSA) is 116 Å². The highest BCUT2D eigenvalue weighted by Gasteiger charge is 2.33. The predicted molar refractivity (Wildman–Crippen MR) is 130 cm³/mol. The number of hydrogen-bond acceptors (Lipinski definition) is 6. The molecule has 1 aromatic heterocycles. The number of halogens is 1. The fourth-order valence-corrected chi connectivity index (χ4v) is 5.88. The number of rotatable bonds is 3. The summed E-state index contributed by atoms with van der Waals surface area (Å²) >= 11 is 6.49. The second kappa shape index (κ2) is 8.52. The van der Waals surface area contributed by atoms with Crippen molar-refractivity contribution >= 4 is 50.0 Å². The van der Waals surface area contributed by atoms with Gasteiger partial charge in [0.1, 0.15) is 16.6 Å². The second-order valence-corrected chi connectivity index (χ2v) is 10.4. The number of aromatic nitrogens is 2. The number of carbonyl (C=O) groups excluding carboxylic acids is 1. The Morgan fingerprint density at radius 3 is 2.82 bits per heavy atom. The second-order valence-electron chi connectivity index (χ2n) is 8.44. The fourth-order valence-electron chi connectivity index (χ4n) is 4.37. The maximum Gasteiger partial charge on any atom is 0.286 e. The summed E-state index contributed by atoms with van der Waals surface area (Å²) in [5, 5.41) is 0.605. The maximum atomic E-state index is 13.2. The van der Waals surface area contributed by atoms with Gasteiger partial charge in [0.25, 0.3) is 21.5 Å². The summed E-state index contributed by atoms with van der Waals surface area (Å²) in [6.45, 7) is 0.652. The zero-order chi connectivity index (χ0) is 24.0. The quantitative estimate of drug-likeness (QED) is 0.591. The molecule has 176 valence electrons. The van der Waals surface area contributed by atoms with Crippen LogP contribution >= 0.6 is 11.6 Å². The van der Waals surface area contributed by atoms with Crippen molar-refractivity contribution in [3.05, 3.63) is 63.2 Å². The van der Waals surface area contributed by atoms with E-state index in [1.165, 1.54) is 24.1 Å². The maximum absolute atomic E-state index is 13.2. The van der Waals surface area contributed by atoms with Gasteiger partial charge in [0.05, 0.1) is 33.7 Å². The lowest BCUT2D eigenvalue weighted by Crippen LogP contribution is -2.36. The lowest BCUT2D eigenvalue weighted by molar-refractivity contribution is 0.0781. The Labute approximate surface area is 201 Å². The van der Waals surface area contributed by atoms with Crippen LogP contribution in [0.5, 0.6) is 0 Å². The molecule has 0 aliphatic carbocycles. The van der Waals surface area contributed by atoms with Gasteiger partial charge in [-0.05, 0) is 37.1 Å². The van der Waals surface area contributed by atoms with Crippen molar-refractivity contribution in [2.24, 2.45) is 4.40 Å². The number of H-pyrrole nitrogens is 1. The summed E-state index contributed by atoms with van der Waals surface area (Å²) < 4.78 is 29.9. The number of carbonyl (C=O) groups is 1. The molecule has 2 aromatic carbocycles. The van der Waals surface area contributed by atoms with Gasteiger partial charge >= 0.3 is 0 Å². The van der Waals surface area contributed by atoms with E-state index in [0.29, 0.717) is 41.2 Å². The van der Waals surface area contributed by atoms with E-state index in [9.17, 15) is 18.0 Å². The van der Waals surface area contributed by atoms with Crippen molar-refractivity contribution in [2.45, 2.75) is 37.1 Å². The SMILES string of the molecule is CN(Cc1nc2ccccc2c(=O)[nH]1)C(=O)c1cc2c(cc1Cl)N1CCCCCC1=NS2(=O)=O.